The number of allylic oxidation sites excluding steroid dienone is 1. The summed E-state index contributed by atoms with van der Waals surface area (Å²) < 4.78 is 4.55. The molecule has 1 N–H and O–H groups in total. The molecule has 1 rings (SSSR count). The molecule has 0 aliphatic heterocycles. The maximum atomic E-state index is 11.1. The summed E-state index contributed by atoms with van der Waals surface area (Å²) in [5.41, 5.74) is 0.209. The molecule has 1 aliphatic carbocycles. The Morgan fingerprint density at radius 2 is 1.93 bits per heavy atom. The highest BCUT2D eigenvalue weighted by Crippen LogP contribution is 2.59. The minimum atomic E-state index is -0.807. The lowest BCUT2D eigenvalue weighted by Gasteiger charge is -1.99. The summed E-state index contributed by atoms with van der Waals surface area (Å²) in [5, 5.41) is 8.92. The van der Waals surface area contributed by atoms with Crippen LogP contribution in [-0.2, 0) is 14.3 Å². The van der Waals surface area contributed by atoms with Crippen LogP contribution in [0, 0.1) is 17.3 Å². The van der Waals surface area contributed by atoms with Crippen LogP contribution < -0.4 is 0 Å². The second-order valence-corrected chi connectivity index (χ2v) is 4.50. The van der Waals surface area contributed by atoms with Crippen molar-refractivity contribution in [1.29, 1.82) is 0 Å². The smallest absolute Gasteiger partial charge is 0.333 e. The Balaban J connectivity index is 2.78. The van der Waals surface area contributed by atoms with Crippen molar-refractivity contribution in [3.8, 4) is 0 Å². The van der Waals surface area contributed by atoms with Crippen LogP contribution in [0.3, 0.4) is 0 Å². The number of aliphatic carboxylic acids is 1. The van der Waals surface area contributed by atoms with Gasteiger partial charge in [-0.3, -0.25) is 4.79 Å². The number of carbonyl (C=O) groups excluding carboxylic acids is 1. The van der Waals surface area contributed by atoms with Crippen LogP contribution in [-0.4, -0.2) is 24.2 Å². The zero-order chi connectivity index (χ0) is 11.8. The molecule has 1 fully saturated rings. The standard InChI is InChI=1S/C11H16O4/c1-6(10(14)15-4)5-7-8(9(12)13)11(7,2)3/h5,7-8H,1-4H3,(H,12,13)/b6-5+/t7?,8-/m0/s1. The van der Waals surface area contributed by atoms with Crippen LogP contribution in [0.4, 0.5) is 0 Å². The molecule has 1 unspecified atom stereocenters. The summed E-state index contributed by atoms with van der Waals surface area (Å²) >= 11 is 0. The molecule has 0 aromatic carbocycles. The molecule has 0 radical (unpaired) electrons. The van der Waals surface area contributed by atoms with E-state index in [2.05, 4.69) is 4.74 Å². The molecule has 0 spiro atoms. The summed E-state index contributed by atoms with van der Waals surface area (Å²) in [6.07, 6.45) is 1.70. The predicted molar refractivity (Wildman–Crippen MR) is 54.2 cm³/mol. The topological polar surface area (TPSA) is 63.6 Å². The van der Waals surface area contributed by atoms with Gasteiger partial charge in [-0.05, 0) is 18.3 Å². The molecule has 0 heterocycles. The van der Waals surface area contributed by atoms with Crippen molar-refractivity contribution < 1.29 is 19.4 Å². The number of methoxy groups -OCH3 is 1. The molecule has 0 amide bonds. The zero-order valence-electron chi connectivity index (χ0n) is 9.40. The minimum absolute atomic E-state index is 0.0749. The molecule has 4 heteroatoms. The molecule has 1 saturated carbocycles. The molecule has 15 heavy (non-hydrogen) atoms. The maximum Gasteiger partial charge on any atom is 0.333 e. The number of esters is 1. The number of carboxylic acid groups (broad SMARTS) is 1. The lowest BCUT2D eigenvalue weighted by Crippen LogP contribution is -2.03. The third-order valence-corrected chi connectivity index (χ3v) is 3.11. The van der Waals surface area contributed by atoms with E-state index in [1.165, 1.54) is 7.11 Å². The van der Waals surface area contributed by atoms with Gasteiger partial charge in [0.1, 0.15) is 0 Å². The van der Waals surface area contributed by atoms with E-state index in [4.69, 9.17) is 5.11 Å². The van der Waals surface area contributed by atoms with Crippen LogP contribution in [0.1, 0.15) is 20.8 Å². The van der Waals surface area contributed by atoms with E-state index >= 15 is 0 Å². The quantitative estimate of drug-likeness (QED) is 0.568. The first-order chi connectivity index (χ1) is 6.82. The average Bonchev–Trinajstić information content (AvgIpc) is 2.66. The van der Waals surface area contributed by atoms with Crippen LogP contribution in [0.2, 0.25) is 0 Å². The van der Waals surface area contributed by atoms with E-state index in [-0.39, 0.29) is 11.3 Å². The van der Waals surface area contributed by atoms with Gasteiger partial charge >= 0.3 is 11.9 Å². The molecule has 1 aliphatic rings. The number of ether oxygens (including phenoxy) is 1. The van der Waals surface area contributed by atoms with Gasteiger partial charge in [0.05, 0.1) is 13.0 Å². The van der Waals surface area contributed by atoms with Gasteiger partial charge in [0.2, 0.25) is 0 Å². The third-order valence-electron chi connectivity index (χ3n) is 3.11. The second-order valence-electron chi connectivity index (χ2n) is 4.50. The van der Waals surface area contributed by atoms with Gasteiger partial charge in [0, 0.05) is 5.57 Å². The highest BCUT2D eigenvalue weighted by molar-refractivity contribution is 5.88. The molecule has 4 nitrogen and oxygen atoms in total. The van der Waals surface area contributed by atoms with Gasteiger partial charge in [-0.25, -0.2) is 4.79 Å². The first kappa shape index (κ1) is 11.8. The summed E-state index contributed by atoms with van der Waals surface area (Å²) in [6.45, 7) is 5.41. The second kappa shape index (κ2) is 3.68. The van der Waals surface area contributed by atoms with Crippen molar-refractivity contribution in [2.24, 2.45) is 17.3 Å². The predicted octanol–water partition coefficient (Wildman–Crippen LogP) is 1.46. The summed E-state index contributed by atoms with van der Waals surface area (Å²) in [7, 11) is 1.31. The highest BCUT2D eigenvalue weighted by atomic mass is 16.5. The zero-order valence-corrected chi connectivity index (χ0v) is 9.40. The first-order valence-corrected chi connectivity index (χ1v) is 4.82. The first-order valence-electron chi connectivity index (χ1n) is 4.82. The Bertz CT molecular complexity index is 327. The number of hydrogen-bond donors (Lipinski definition) is 1. The number of rotatable bonds is 3. The Hall–Kier alpha value is -1.32. The van der Waals surface area contributed by atoms with Crippen LogP contribution in [0.15, 0.2) is 11.6 Å². The normalized spacial score (nSPS) is 28.4. The fourth-order valence-electron chi connectivity index (χ4n) is 1.96. The molecule has 84 valence electrons. The van der Waals surface area contributed by atoms with Gasteiger partial charge < -0.3 is 9.84 Å². The summed E-state index contributed by atoms with van der Waals surface area (Å²) in [6, 6.07) is 0. The monoisotopic (exact) mass is 212 g/mol. The highest BCUT2D eigenvalue weighted by Gasteiger charge is 2.61. The van der Waals surface area contributed by atoms with Crippen molar-refractivity contribution >= 4 is 11.9 Å². The van der Waals surface area contributed by atoms with E-state index in [0.29, 0.717) is 5.57 Å². The van der Waals surface area contributed by atoms with Crippen LogP contribution >= 0.6 is 0 Å². The SMILES string of the molecule is COC(=O)/C(C)=C/C1[C@@H](C(=O)O)C1(C)C. The number of carboxylic acids is 1. The van der Waals surface area contributed by atoms with Crippen molar-refractivity contribution in [3.63, 3.8) is 0 Å². The summed E-state index contributed by atoms with van der Waals surface area (Å²) in [4.78, 5) is 22.0. The summed E-state index contributed by atoms with van der Waals surface area (Å²) in [5.74, 6) is -1.67. The van der Waals surface area contributed by atoms with Crippen molar-refractivity contribution in [2.45, 2.75) is 20.8 Å². The Morgan fingerprint density at radius 1 is 1.40 bits per heavy atom. The Labute approximate surface area is 88.9 Å². The largest absolute Gasteiger partial charge is 0.481 e. The molecule has 0 aromatic heterocycles. The lowest BCUT2D eigenvalue weighted by molar-refractivity contribution is -0.139. The molecular weight excluding hydrogens is 196 g/mol. The Morgan fingerprint density at radius 3 is 2.27 bits per heavy atom. The molecule has 0 bridgehead atoms. The van der Waals surface area contributed by atoms with Gasteiger partial charge in [0.15, 0.2) is 0 Å². The fraction of sp³-hybridized carbons (Fsp3) is 0.636. The van der Waals surface area contributed by atoms with E-state index in [0.717, 1.165) is 0 Å². The van der Waals surface area contributed by atoms with Gasteiger partial charge in [-0.15, -0.1) is 0 Å². The van der Waals surface area contributed by atoms with Gasteiger partial charge in [0.25, 0.3) is 0 Å². The lowest BCUT2D eigenvalue weighted by atomic mass is 10.1. The molecule has 0 aromatic rings. The number of hydrogen-bond acceptors (Lipinski definition) is 3. The molecular formula is C11H16O4. The third kappa shape index (κ3) is 2.03. The Kier molecular flexibility index (Phi) is 2.88. The van der Waals surface area contributed by atoms with E-state index < -0.39 is 17.9 Å². The maximum absolute atomic E-state index is 11.1. The minimum Gasteiger partial charge on any atom is -0.481 e. The number of carbonyl (C=O) groups is 2. The van der Waals surface area contributed by atoms with E-state index in [1.807, 2.05) is 13.8 Å². The molecule has 0 saturated heterocycles. The van der Waals surface area contributed by atoms with Gasteiger partial charge in [-0.1, -0.05) is 19.9 Å². The molecule has 2 atom stereocenters. The van der Waals surface area contributed by atoms with Crippen molar-refractivity contribution in [3.05, 3.63) is 11.6 Å². The van der Waals surface area contributed by atoms with Crippen molar-refractivity contribution in [1.82, 2.24) is 0 Å². The fourth-order valence-corrected chi connectivity index (χ4v) is 1.96. The van der Waals surface area contributed by atoms with Gasteiger partial charge in [-0.2, -0.15) is 0 Å². The van der Waals surface area contributed by atoms with Crippen LogP contribution in [0.25, 0.3) is 0 Å². The van der Waals surface area contributed by atoms with Crippen LogP contribution in [0.5, 0.6) is 0 Å². The van der Waals surface area contributed by atoms with Crippen molar-refractivity contribution in [2.75, 3.05) is 7.11 Å². The van der Waals surface area contributed by atoms with E-state index in [9.17, 15) is 9.59 Å². The average molecular weight is 212 g/mol. The van der Waals surface area contributed by atoms with E-state index in [1.54, 1.807) is 13.0 Å².